The molecule has 5 nitrogen and oxygen atoms in total. The van der Waals surface area contributed by atoms with E-state index >= 15 is 0 Å². The van der Waals surface area contributed by atoms with Gasteiger partial charge in [-0.05, 0) is 13.8 Å². The van der Waals surface area contributed by atoms with Crippen LogP contribution in [0.1, 0.15) is 19.5 Å². The molecule has 6 heteroatoms. The summed E-state index contributed by atoms with van der Waals surface area (Å²) >= 11 is 1.57. The fraction of sp³-hybridized carbons (Fsp3) is 0.667. The van der Waals surface area contributed by atoms with Crippen molar-refractivity contribution in [1.82, 2.24) is 4.98 Å². The van der Waals surface area contributed by atoms with Crippen molar-refractivity contribution in [1.29, 1.82) is 0 Å². The third-order valence-electron chi connectivity index (χ3n) is 2.78. The molecule has 1 saturated heterocycles. The van der Waals surface area contributed by atoms with Crippen molar-refractivity contribution in [2.24, 2.45) is 0 Å². The zero-order chi connectivity index (χ0) is 13.0. The van der Waals surface area contributed by atoms with Crippen LogP contribution in [0.5, 0.6) is 0 Å². The van der Waals surface area contributed by atoms with Gasteiger partial charge in [0, 0.05) is 11.9 Å². The molecule has 2 heterocycles. The fourth-order valence-electron chi connectivity index (χ4n) is 1.88. The summed E-state index contributed by atoms with van der Waals surface area (Å²) in [5.41, 5.74) is 0.784. The quantitative estimate of drug-likeness (QED) is 0.776. The number of morpholine rings is 1. The van der Waals surface area contributed by atoms with Gasteiger partial charge < -0.3 is 14.4 Å². The van der Waals surface area contributed by atoms with E-state index in [1.165, 1.54) is 0 Å². The minimum absolute atomic E-state index is 0.218. The van der Waals surface area contributed by atoms with E-state index in [0.29, 0.717) is 12.6 Å². The standard InChI is InChI=1S/C12H18N2O3S/c1-3-17-11(15)6-10-8-18-12(13-10)14-4-5-16-7-9(14)2/h8-9H,3-7H2,1-2H3. The van der Waals surface area contributed by atoms with E-state index in [-0.39, 0.29) is 12.4 Å². The van der Waals surface area contributed by atoms with Gasteiger partial charge in [0.2, 0.25) is 0 Å². The Labute approximate surface area is 111 Å². The van der Waals surface area contributed by atoms with Crippen LogP contribution in [-0.4, -0.2) is 43.4 Å². The predicted octanol–water partition coefficient (Wildman–Crippen LogP) is 1.47. The van der Waals surface area contributed by atoms with Crippen LogP contribution in [0.15, 0.2) is 5.38 Å². The molecule has 1 aliphatic rings. The van der Waals surface area contributed by atoms with Gasteiger partial charge in [0.05, 0.1) is 38.0 Å². The molecule has 1 aromatic heterocycles. The molecular formula is C12H18N2O3S. The molecule has 1 aromatic rings. The van der Waals surface area contributed by atoms with Crippen molar-refractivity contribution in [3.63, 3.8) is 0 Å². The molecule has 18 heavy (non-hydrogen) atoms. The SMILES string of the molecule is CCOC(=O)Cc1csc(N2CCOCC2C)n1. The molecule has 100 valence electrons. The topological polar surface area (TPSA) is 51.7 Å². The van der Waals surface area contributed by atoms with Crippen LogP contribution in [0.25, 0.3) is 0 Å². The molecule has 0 radical (unpaired) electrons. The molecule has 1 fully saturated rings. The third kappa shape index (κ3) is 3.20. The van der Waals surface area contributed by atoms with Gasteiger partial charge in [-0.2, -0.15) is 0 Å². The molecule has 0 saturated carbocycles. The van der Waals surface area contributed by atoms with E-state index in [2.05, 4.69) is 16.8 Å². The highest BCUT2D eigenvalue weighted by Gasteiger charge is 2.22. The number of hydrogen-bond donors (Lipinski definition) is 0. The first-order valence-electron chi connectivity index (χ1n) is 6.15. The highest BCUT2D eigenvalue weighted by molar-refractivity contribution is 7.13. The molecule has 1 aliphatic heterocycles. The van der Waals surface area contributed by atoms with Crippen molar-refractivity contribution in [2.75, 3.05) is 31.3 Å². The van der Waals surface area contributed by atoms with Crippen LogP contribution in [0.2, 0.25) is 0 Å². The maximum atomic E-state index is 11.4. The fourth-order valence-corrected chi connectivity index (χ4v) is 2.83. The summed E-state index contributed by atoms with van der Waals surface area (Å²) in [6.07, 6.45) is 0.253. The first kappa shape index (κ1) is 13.3. The Morgan fingerprint density at radius 3 is 3.28 bits per heavy atom. The lowest BCUT2D eigenvalue weighted by Gasteiger charge is -2.32. The first-order valence-corrected chi connectivity index (χ1v) is 7.03. The maximum Gasteiger partial charge on any atom is 0.311 e. The van der Waals surface area contributed by atoms with Gasteiger partial charge in [0.1, 0.15) is 0 Å². The van der Waals surface area contributed by atoms with Crippen LogP contribution in [0.3, 0.4) is 0 Å². The molecule has 0 spiro atoms. The lowest BCUT2D eigenvalue weighted by Crippen LogP contribution is -2.43. The van der Waals surface area contributed by atoms with Crippen molar-refractivity contribution in [2.45, 2.75) is 26.3 Å². The Balaban J connectivity index is 1.98. The number of nitrogens with zero attached hydrogens (tertiary/aromatic N) is 2. The van der Waals surface area contributed by atoms with Gasteiger partial charge >= 0.3 is 5.97 Å². The van der Waals surface area contributed by atoms with Gasteiger partial charge in [0.25, 0.3) is 0 Å². The predicted molar refractivity (Wildman–Crippen MR) is 70.1 cm³/mol. The number of anilines is 1. The molecule has 2 rings (SSSR count). The van der Waals surface area contributed by atoms with Crippen LogP contribution >= 0.6 is 11.3 Å². The van der Waals surface area contributed by atoms with Gasteiger partial charge in [-0.25, -0.2) is 4.98 Å². The number of carbonyl (C=O) groups is 1. The monoisotopic (exact) mass is 270 g/mol. The summed E-state index contributed by atoms with van der Waals surface area (Å²) in [6, 6.07) is 0.334. The van der Waals surface area contributed by atoms with Crippen LogP contribution in [0.4, 0.5) is 5.13 Å². The summed E-state index contributed by atoms with van der Waals surface area (Å²) in [7, 11) is 0. The summed E-state index contributed by atoms with van der Waals surface area (Å²) in [5.74, 6) is -0.218. The number of rotatable bonds is 4. The lowest BCUT2D eigenvalue weighted by atomic mass is 10.3. The van der Waals surface area contributed by atoms with Gasteiger partial charge in [-0.1, -0.05) is 0 Å². The van der Waals surface area contributed by atoms with Gasteiger partial charge in [-0.3, -0.25) is 4.79 Å². The minimum Gasteiger partial charge on any atom is -0.466 e. The largest absolute Gasteiger partial charge is 0.466 e. The van der Waals surface area contributed by atoms with Crippen molar-refractivity contribution in [3.8, 4) is 0 Å². The molecule has 0 amide bonds. The Kier molecular flexibility index (Phi) is 4.54. The molecular weight excluding hydrogens is 252 g/mol. The Morgan fingerprint density at radius 2 is 2.56 bits per heavy atom. The molecule has 0 bridgehead atoms. The summed E-state index contributed by atoms with van der Waals surface area (Å²) in [5, 5.41) is 2.89. The van der Waals surface area contributed by atoms with Crippen molar-refractivity contribution in [3.05, 3.63) is 11.1 Å². The average Bonchev–Trinajstić information content (AvgIpc) is 2.78. The number of carbonyl (C=O) groups excluding carboxylic acids is 1. The number of ether oxygens (including phenoxy) is 2. The van der Waals surface area contributed by atoms with Crippen LogP contribution < -0.4 is 4.90 Å². The van der Waals surface area contributed by atoms with E-state index in [1.54, 1.807) is 18.3 Å². The van der Waals surface area contributed by atoms with Crippen LogP contribution in [-0.2, 0) is 20.7 Å². The van der Waals surface area contributed by atoms with E-state index in [0.717, 1.165) is 30.6 Å². The highest BCUT2D eigenvalue weighted by Crippen LogP contribution is 2.24. The lowest BCUT2D eigenvalue weighted by molar-refractivity contribution is -0.142. The highest BCUT2D eigenvalue weighted by atomic mass is 32.1. The summed E-state index contributed by atoms with van der Waals surface area (Å²) in [6.45, 7) is 6.65. The van der Waals surface area contributed by atoms with E-state index in [1.807, 2.05) is 5.38 Å². The molecule has 0 aromatic carbocycles. The van der Waals surface area contributed by atoms with Crippen molar-refractivity contribution >= 4 is 22.4 Å². The second-order valence-corrected chi connectivity index (χ2v) is 5.06. The van der Waals surface area contributed by atoms with E-state index in [4.69, 9.17) is 9.47 Å². The molecule has 0 N–H and O–H groups in total. The minimum atomic E-state index is -0.218. The number of aromatic nitrogens is 1. The number of esters is 1. The zero-order valence-corrected chi connectivity index (χ0v) is 11.5. The molecule has 1 unspecified atom stereocenters. The Hall–Kier alpha value is -1.14. The third-order valence-corrected chi connectivity index (χ3v) is 3.71. The first-order chi connectivity index (χ1) is 8.70. The zero-order valence-electron chi connectivity index (χ0n) is 10.7. The second-order valence-electron chi connectivity index (χ2n) is 4.22. The summed E-state index contributed by atoms with van der Waals surface area (Å²) in [4.78, 5) is 18.1. The Bertz CT molecular complexity index is 408. The normalized spacial score (nSPS) is 19.9. The maximum absolute atomic E-state index is 11.4. The second kappa shape index (κ2) is 6.15. The Morgan fingerprint density at radius 1 is 1.72 bits per heavy atom. The summed E-state index contributed by atoms with van der Waals surface area (Å²) < 4.78 is 10.3. The van der Waals surface area contributed by atoms with E-state index in [9.17, 15) is 4.79 Å². The van der Waals surface area contributed by atoms with Crippen molar-refractivity contribution < 1.29 is 14.3 Å². The van der Waals surface area contributed by atoms with Gasteiger partial charge in [-0.15, -0.1) is 11.3 Å². The molecule has 0 aliphatic carbocycles. The average molecular weight is 270 g/mol. The molecule has 1 atom stereocenters. The smallest absolute Gasteiger partial charge is 0.311 e. The van der Waals surface area contributed by atoms with Crippen LogP contribution in [0, 0.1) is 0 Å². The van der Waals surface area contributed by atoms with E-state index < -0.39 is 0 Å². The van der Waals surface area contributed by atoms with Gasteiger partial charge in [0.15, 0.2) is 5.13 Å². The number of thiazole rings is 1. The number of hydrogen-bond acceptors (Lipinski definition) is 6.